The first kappa shape index (κ1) is 10.9. The zero-order chi connectivity index (χ0) is 10.7. The first-order chi connectivity index (χ1) is 7.33. The molecule has 2 N–H and O–H groups in total. The number of esters is 1. The van der Waals surface area contributed by atoms with Gasteiger partial charge >= 0.3 is 5.97 Å². The Hall–Kier alpha value is -0.610. The summed E-state index contributed by atoms with van der Waals surface area (Å²) in [5, 5.41) is 0. The SMILES string of the molecule is CCOC(=O)C1NNC2CCCCCC21. The largest absolute Gasteiger partial charge is 0.465 e. The topological polar surface area (TPSA) is 50.4 Å². The summed E-state index contributed by atoms with van der Waals surface area (Å²) in [6, 6.07) is 0.329. The maximum Gasteiger partial charge on any atom is 0.324 e. The first-order valence-corrected chi connectivity index (χ1v) is 6.00. The zero-order valence-electron chi connectivity index (χ0n) is 9.29. The third-order valence-corrected chi connectivity index (χ3v) is 3.46. The highest BCUT2D eigenvalue weighted by Crippen LogP contribution is 2.29. The van der Waals surface area contributed by atoms with E-state index in [1.54, 1.807) is 0 Å². The van der Waals surface area contributed by atoms with Gasteiger partial charge in [0.05, 0.1) is 6.61 Å². The van der Waals surface area contributed by atoms with Crippen LogP contribution >= 0.6 is 0 Å². The second kappa shape index (κ2) is 4.94. The minimum absolute atomic E-state index is 0.0978. The molecule has 3 atom stereocenters. The summed E-state index contributed by atoms with van der Waals surface area (Å²) >= 11 is 0. The van der Waals surface area contributed by atoms with E-state index in [4.69, 9.17) is 4.74 Å². The lowest BCUT2D eigenvalue weighted by Crippen LogP contribution is -2.40. The van der Waals surface area contributed by atoms with Crippen molar-refractivity contribution in [3.63, 3.8) is 0 Å². The average molecular weight is 212 g/mol. The molecule has 0 bridgehead atoms. The maximum atomic E-state index is 11.7. The molecule has 4 nitrogen and oxygen atoms in total. The van der Waals surface area contributed by atoms with Crippen molar-refractivity contribution in [3.05, 3.63) is 0 Å². The van der Waals surface area contributed by atoms with E-state index in [9.17, 15) is 4.79 Å². The van der Waals surface area contributed by atoms with E-state index in [0.717, 1.165) is 6.42 Å². The van der Waals surface area contributed by atoms with Gasteiger partial charge in [0.2, 0.25) is 0 Å². The second-order valence-electron chi connectivity index (χ2n) is 4.43. The van der Waals surface area contributed by atoms with Gasteiger partial charge in [-0.1, -0.05) is 19.3 Å². The lowest BCUT2D eigenvalue weighted by Gasteiger charge is -2.18. The Morgan fingerprint density at radius 2 is 2.07 bits per heavy atom. The van der Waals surface area contributed by atoms with Crippen LogP contribution in [0.2, 0.25) is 0 Å². The van der Waals surface area contributed by atoms with Gasteiger partial charge in [-0.25, -0.2) is 5.43 Å². The molecule has 4 heteroatoms. The standard InChI is InChI=1S/C11H20N2O2/c1-2-15-11(14)10-8-6-4-3-5-7-9(8)12-13-10/h8-10,12-13H,2-7H2,1H3. The Kier molecular flexibility index (Phi) is 3.59. The smallest absolute Gasteiger partial charge is 0.324 e. The number of hydrogen-bond acceptors (Lipinski definition) is 4. The molecule has 0 aromatic heterocycles. The van der Waals surface area contributed by atoms with Gasteiger partial charge in [-0.05, 0) is 19.8 Å². The Morgan fingerprint density at radius 1 is 1.27 bits per heavy atom. The normalized spacial score (nSPS) is 35.7. The fourth-order valence-corrected chi connectivity index (χ4v) is 2.68. The van der Waals surface area contributed by atoms with Crippen molar-refractivity contribution in [1.29, 1.82) is 0 Å². The van der Waals surface area contributed by atoms with Crippen molar-refractivity contribution in [3.8, 4) is 0 Å². The highest BCUT2D eigenvalue weighted by atomic mass is 16.5. The summed E-state index contributed by atoms with van der Waals surface area (Å²) in [4.78, 5) is 11.7. The second-order valence-corrected chi connectivity index (χ2v) is 4.43. The Bertz CT molecular complexity index is 233. The van der Waals surface area contributed by atoms with E-state index < -0.39 is 0 Å². The van der Waals surface area contributed by atoms with Crippen LogP contribution in [0.25, 0.3) is 0 Å². The molecule has 3 unspecified atom stereocenters. The average Bonchev–Trinajstić information content (AvgIpc) is 2.48. The Morgan fingerprint density at radius 3 is 2.87 bits per heavy atom. The number of fused-ring (bicyclic) bond motifs is 1. The highest BCUT2D eigenvalue weighted by molar-refractivity contribution is 5.76. The van der Waals surface area contributed by atoms with Crippen molar-refractivity contribution in [2.45, 2.75) is 51.1 Å². The Labute approximate surface area is 90.7 Å². The molecule has 15 heavy (non-hydrogen) atoms. The molecule has 0 aromatic rings. The number of nitrogens with one attached hydrogen (secondary N) is 2. The predicted octanol–water partition coefficient (Wildman–Crippen LogP) is 0.975. The molecule has 2 fully saturated rings. The lowest BCUT2D eigenvalue weighted by molar-refractivity contribution is -0.146. The molecule has 0 aromatic carbocycles. The highest BCUT2D eigenvalue weighted by Gasteiger charge is 2.40. The fraction of sp³-hybridized carbons (Fsp3) is 0.909. The van der Waals surface area contributed by atoms with E-state index >= 15 is 0 Å². The summed E-state index contributed by atoms with van der Waals surface area (Å²) in [6.07, 6.45) is 6.11. The van der Waals surface area contributed by atoms with E-state index in [1.165, 1.54) is 25.7 Å². The lowest BCUT2D eigenvalue weighted by atomic mass is 9.90. The number of carbonyl (C=O) groups excluding carboxylic acids is 1. The van der Waals surface area contributed by atoms with Gasteiger partial charge in [-0.15, -0.1) is 0 Å². The van der Waals surface area contributed by atoms with Crippen molar-refractivity contribution in [2.24, 2.45) is 5.92 Å². The number of carbonyl (C=O) groups is 1. The molecule has 86 valence electrons. The van der Waals surface area contributed by atoms with Crippen molar-refractivity contribution < 1.29 is 9.53 Å². The van der Waals surface area contributed by atoms with Crippen LogP contribution < -0.4 is 10.9 Å². The molecule has 1 saturated carbocycles. The Balaban J connectivity index is 1.98. The van der Waals surface area contributed by atoms with Crippen LogP contribution in [0.3, 0.4) is 0 Å². The fourth-order valence-electron chi connectivity index (χ4n) is 2.68. The molecule has 2 rings (SSSR count). The molecule has 0 radical (unpaired) electrons. The van der Waals surface area contributed by atoms with E-state index in [1.807, 2.05) is 6.92 Å². The van der Waals surface area contributed by atoms with Gasteiger partial charge < -0.3 is 4.74 Å². The summed E-state index contributed by atoms with van der Waals surface area (Å²) in [5.41, 5.74) is 6.32. The van der Waals surface area contributed by atoms with Gasteiger partial charge in [-0.2, -0.15) is 0 Å². The molecule has 1 heterocycles. The minimum atomic E-state index is -0.131. The van der Waals surface area contributed by atoms with Crippen LogP contribution in [-0.4, -0.2) is 24.7 Å². The zero-order valence-corrected chi connectivity index (χ0v) is 9.29. The van der Waals surface area contributed by atoms with Crippen molar-refractivity contribution >= 4 is 5.97 Å². The molecule has 2 aliphatic rings. The molecular formula is C11H20N2O2. The number of hydrazine groups is 1. The third kappa shape index (κ3) is 2.32. The van der Waals surface area contributed by atoms with Crippen LogP contribution in [0.4, 0.5) is 0 Å². The van der Waals surface area contributed by atoms with Crippen LogP contribution in [0.1, 0.15) is 39.0 Å². The quantitative estimate of drug-likeness (QED) is 0.670. The van der Waals surface area contributed by atoms with Crippen molar-refractivity contribution in [2.75, 3.05) is 6.61 Å². The summed E-state index contributed by atoms with van der Waals surface area (Å²) in [6.45, 7) is 2.32. The van der Waals surface area contributed by atoms with E-state index in [-0.39, 0.29) is 12.0 Å². The van der Waals surface area contributed by atoms with Gasteiger partial charge in [0.25, 0.3) is 0 Å². The molecular weight excluding hydrogens is 192 g/mol. The molecule has 0 amide bonds. The molecule has 1 aliphatic heterocycles. The van der Waals surface area contributed by atoms with E-state index in [0.29, 0.717) is 18.6 Å². The van der Waals surface area contributed by atoms with Gasteiger partial charge in [-0.3, -0.25) is 10.2 Å². The molecule has 0 spiro atoms. The summed E-state index contributed by atoms with van der Waals surface area (Å²) in [5.74, 6) is 0.325. The monoisotopic (exact) mass is 212 g/mol. The van der Waals surface area contributed by atoms with Crippen LogP contribution in [0.5, 0.6) is 0 Å². The summed E-state index contributed by atoms with van der Waals surface area (Å²) in [7, 11) is 0. The predicted molar refractivity (Wildman–Crippen MR) is 57.1 cm³/mol. The summed E-state index contributed by atoms with van der Waals surface area (Å²) < 4.78 is 5.07. The van der Waals surface area contributed by atoms with Gasteiger partial charge in [0.1, 0.15) is 6.04 Å². The van der Waals surface area contributed by atoms with Gasteiger partial charge in [0, 0.05) is 12.0 Å². The van der Waals surface area contributed by atoms with E-state index in [2.05, 4.69) is 10.9 Å². The van der Waals surface area contributed by atoms with Crippen LogP contribution in [0, 0.1) is 5.92 Å². The maximum absolute atomic E-state index is 11.7. The van der Waals surface area contributed by atoms with Crippen LogP contribution in [-0.2, 0) is 9.53 Å². The number of rotatable bonds is 2. The van der Waals surface area contributed by atoms with Crippen molar-refractivity contribution in [1.82, 2.24) is 10.9 Å². The number of ether oxygens (including phenoxy) is 1. The van der Waals surface area contributed by atoms with Gasteiger partial charge in [0.15, 0.2) is 0 Å². The van der Waals surface area contributed by atoms with Crippen LogP contribution in [0.15, 0.2) is 0 Å². The molecule has 1 saturated heterocycles. The minimum Gasteiger partial charge on any atom is -0.465 e. The molecule has 1 aliphatic carbocycles. The number of hydrogen-bond donors (Lipinski definition) is 2. The first-order valence-electron chi connectivity index (χ1n) is 6.00. The third-order valence-electron chi connectivity index (χ3n) is 3.46.